The maximum Gasteiger partial charge on any atom is 0.272 e. The number of ether oxygens (including phenoxy) is 4. The molecule has 2 aliphatic heterocycles. The van der Waals surface area contributed by atoms with Gasteiger partial charge in [0.05, 0.1) is 25.9 Å². The summed E-state index contributed by atoms with van der Waals surface area (Å²) in [5.74, 6) is 1.83. The molecule has 0 aliphatic carbocycles. The minimum atomic E-state index is -0.862. The lowest BCUT2D eigenvalue weighted by molar-refractivity contribution is -0.0247. The van der Waals surface area contributed by atoms with Crippen molar-refractivity contribution in [2.75, 3.05) is 27.3 Å². The molecule has 1 aromatic heterocycles. The van der Waals surface area contributed by atoms with Crippen molar-refractivity contribution in [2.45, 2.75) is 38.5 Å². The Bertz CT molecular complexity index is 1330. The summed E-state index contributed by atoms with van der Waals surface area (Å²) in [6, 6.07) is 12.4. The number of nitrogens with one attached hydrogen (secondary N) is 1. The molecule has 0 unspecified atom stereocenters. The number of methoxy groups -OCH3 is 2. The first kappa shape index (κ1) is 23.7. The Labute approximate surface area is 209 Å². The number of carbonyl (C=O) groups excluding carboxylic acids is 2. The molecule has 1 N–H and O–H groups in total. The van der Waals surface area contributed by atoms with E-state index in [1.807, 2.05) is 26.0 Å². The number of hydrogen-bond donors (Lipinski definition) is 1. The number of hydrogen-bond acceptors (Lipinski definition) is 7. The minimum absolute atomic E-state index is 0.00183. The molecule has 5 rings (SSSR count). The van der Waals surface area contributed by atoms with Crippen LogP contribution in [0.25, 0.3) is 10.9 Å². The monoisotopic (exact) mass is 491 g/mol. The highest BCUT2D eigenvalue weighted by Crippen LogP contribution is 2.36. The van der Waals surface area contributed by atoms with Gasteiger partial charge in [-0.05, 0) is 44.2 Å². The van der Waals surface area contributed by atoms with Crippen LogP contribution in [0.5, 0.6) is 23.0 Å². The number of rotatable bonds is 5. The van der Waals surface area contributed by atoms with Crippen molar-refractivity contribution < 1.29 is 28.5 Å². The van der Waals surface area contributed by atoms with Gasteiger partial charge in [-0.15, -0.1) is 0 Å². The Kier molecular flexibility index (Phi) is 6.07. The summed E-state index contributed by atoms with van der Waals surface area (Å²) in [5.41, 5.74) is 0.422. The molecule has 0 atom stereocenters. The van der Waals surface area contributed by atoms with Crippen molar-refractivity contribution in [2.24, 2.45) is 0 Å². The third kappa shape index (κ3) is 4.25. The zero-order chi connectivity index (χ0) is 25.4. The van der Waals surface area contributed by atoms with Gasteiger partial charge in [-0.1, -0.05) is 6.07 Å². The summed E-state index contributed by atoms with van der Waals surface area (Å²) >= 11 is 0. The van der Waals surface area contributed by atoms with E-state index >= 15 is 0 Å². The minimum Gasteiger partial charge on any atom is -0.496 e. The Hall–Kier alpha value is -4.01. The number of carbonyl (C=O) groups is 2. The smallest absolute Gasteiger partial charge is 0.272 e. The van der Waals surface area contributed by atoms with Gasteiger partial charge in [0.1, 0.15) is 34.2 Å². The fraction of sp³-hybridized carbons (Fsp3) is 0.370. The Morgan fingerprint density at radius 3 is 2.53 bits per heavy atom. The number of likely N-dealkylation sites (tertiary alicyclic amines) is 1. The lowest BCUT2D eigenvalue weighted by atomic mass is 9.96. The summed E-state index contributed by atoms with van der Waals surface area (Å²) in [4.78, 5) is 32.6. The fourth-order valence-electron chi connectivity index (χ4n) is 4.73. The molecular formula is C27H29N3O6. The molecule has 1 spiro atoms. The molecule has 0 radical (unpaired) electrons. The number of piperidine rings is 1. The van der Waals surface area contributed by atoms with Crippen LogP contribution >= 0.6 is 0 Å². The van der Waals surface area contributed by atoms with Crippen LogP contribution in [-0.2, 0) is 0 Å². The molecule has 2 aromatic carbocycles. The van der Waals surface area contributed by atoms with Crippen molar-refractivity contribution in [3.8, 4) is 23.0 Å². The third-order valence-electron chi connectivity index (χ3n) is 6.50. The lowest BCUT2D eigenvalue weighted by Crippen LogP contribution is -2.61. The van der Waals surface area contributed by atoms with Crippen molar-refractivity contribution in [3.05, 3.63) is 53.7 Å². The van der Waals surface area contributed by atoms with E-state index < -0.39 is 5.72 Å². The van der Waals surface area contributed by atoms with E-state index in [9.17, 15) is 9.59 Å². The first-order valence-corrected chi connectivity index (χ1v) is 12.0. The normalized spacial score (nSPS) is 16.4. The second kappa shape index (κ2) is 9.22. The molecular weight excluding hydrogens is 462 g/mol. The molecule has 36 heavy (non-hydrogen) atoms. The lowest BCUT2D eigenvalue weighted by Gasteiger charge is -2.44. The summed E-state index contributed by atoms with van der Waals surface area (Å²) in [6.45, 7) is 4.66. The molecule has 9 nitrogen and oxygen atoms in total. The Morgan fingerprint density at radius 2 is 1.83 bits per heavy atom. The Balaban J connectivity index is 1.34. The maximum absolute atomic E-state index is 13.4. The van der Waals surface area contributed by atoms with Gasteiger partial charge < -0.3 is 29.2 Å². The molecule has 1 fully saturated rings. The number of fused-ring (bicyclic) bond motifs is 2. The highest BCUT2D eigenvalue weighted by Gasteiger charge is 2.43. The molecule has 9 heteroatoms. The number of para-hydroxylation sites is 1. The van der Waals surface area contributed by atoms with Gasteiger partial charge >= 0.3 is 0 Å². The molecule has 3 aromatic rings. The van der Waals surface area contributed by atoms with Crippen molar-refractivity contribution in [3.63, 3.8) is 0 Å². The van der Waals surface area contributed by atoms with Crippen LogP contribution in [0.15, 0.2) is 42.5 Å². The van der Waals surface area contributed by atoms with E-state index in [1.165, 1.54) is 0 Å². The van der Waals surface area contributed by atoms with Crippen molar-refractivity contribution >= 4 is 22.7 Å². The predicted octanol–water partition coefficient (Wildman–Crippen LogP) is 3.79. The second-order valence-corrected chi connectivity index (χ2v) is 9.23. The van der Waals surface area contributed by atoms with E-state index in [4.69, 9.17) is 18.9 Å². The zero-order valence-electron chi connectivity index (χ0n) is 20.8. The molecule has 188 valence electrons. The largest absolute Gasteiger partial charge is 0.496 e. The maximum atomic E-state index is 13.4. The van der Waals surface area contributed by atoms with Crippen LogP contribution in [0.3, 0.4) is 0 Å². The summed E-state index contributed by atoms with van der Waals surface area (Å²) in [6.07, 6.45) is 0.895. The number of benzene rings is 2. The van der Waals surface area contributed by atoms with Gasteiger partial charge in [0.25, 0.3) is 11.8 Å². The van der Waals surface area contributed by atoms with Crippen molar-refractivity contribution in [1.82, 2.24) is 15.2 Å². The summed E-state index contributed by atoms with van der Waals surface area (Å²) < 4.78 is 22.9. The van der Waals surface area contributed by atoms with Gasteiger partial charge in [-0.3, -0.25) is 9.59 Å². The van der Waals surface area contributed by atoms with Gasteiger partial charge in [-0.25, -0.2) is 4.98 Å². The highest BCUT2D eigenvalue weighted by molar-refractivity contribution is 6.00. The topological polar surface area (TPSA) is 99.2 Å². The number of aromatic nitrogens is 1. The Morgan fingerprint density at radius 1 is 1.08 bits per heavy atom. The first-order chi connectivity index (χ1) is 17.3. The van der Waals surface area contributed by atoms with E-state index in [0.717, 1.165) is 5.39 Å². The average Bonchev–Trinajstić information content (AvgIpc) is 2.87. The average molecular weight is 492 g/mol. The zero-order valence-corrected chi connectivity index (χ0v) is 20.8. The third-order valence-corrected chi connectivity index (χ3v) is 6.50. The van der Waals surface area contributed by atoms with E-state index in [2.05, 4.69) is 10.3 Å². The predicted molar refractivity (Wildman–Crippen MR) is 133 cm³/mol. The van der Waals surface area contributed by atoms with Crippen LogP contribution in [0.2, 0.25) is 0 Å². The number of nitrogens with zero attached hydrogens (tertiary/aromatic N) is 2. The molecule has 1 saturated heterocycles. The second-order valence-electron chi connectivity index (χ2n) is 9.23. The van der Waals surface area contributed by atoms with Crippen LogP contribution in [0, 0.1) is 0 Å². The molecule has 3 heterocycles. The van der Waals surface area contributed by atoms with E-state index in [-0.39, 0.29) is 23.6 Å². The SMILES string of the molecule is COc1cc(C(=O)N2CCC3(CC2)NC(=O)c2cc(OC(C)C)ccc2O3)nc2c(OC)cccc12. The summed E-state index contributed by atoms with van der Waals surface area (Å²) in [7, 11) is 3.13. The van der Waals surface area contributed by atoms with Crippen LogP contribution in [0.4, 0.5) is 0 Å². The van der Waals surface area contributed by atoms with Gasteiger partial charge in [-0.2, -0.15) is 0 Å². The van der Waals surface area contributed by atoms with Crippen LogP contribution < -0.4 is 24.3 Å². The first-order valence-electron chi connectivity index (χ1n) is 12.0. The van der Waals surface area contributed by atoms with Gasteiger partial charge in [0.15, 0.2) is 5.72 Å². The standard InChI is InChI=1S/C27H29N3O6/c1-16(2)35-17-8-9-21-19(14-17)25(31)29-27(36-21)10-12-30(13-11-27)26(32)20-15-23(34-4)18-6-5-7-22(33-3)24(18)28-20/h5-9,14-16H,10-13H2,1-4H3,(H,29,31). The molecule has 2 aliphatic rings. The fourth-order valence-corrected chi connectivity index (χ4v) is 4.73. The summed E-state index contributed by atoms with van der Waals surface area (Å²) in [5, 5.41) is 3.79. The van der Waals surface area contributed by atoms with E-state index in [1.54, 1.807) is 49.5 Å². The highest BCUT2D eigenvalue weighted by atomic mass is 16.5. The molecule has 2 amide bonds. The molecule has 0 saturated carbocycles. The van der Waals surface area contributed by atoms with E-state index in [0.29, 0.717) is 60.0 Å². The van der Waals surface area contributed by atoms with Crippen molar-refractivity contribution in [1.29, 1.82) is 0 Å². The quantitative estimate of drug-likeness (QED) is 0.580. The van der Waals surface area contributed by atoms with Crippen LogP contribution in [0.1, 0.15) is 47.5 Å². The molecule has 0 bridgehead atoms. The van der Waals surface area contributed by atoms with Crippen LogP contribution in [-0.4, -0.2) is 60.8 Å². The van der Waals surface area contributed by atoms with Gasteiger partial charge in [0.2, 0.25) is 0 Å². The van der Waals surface area contributed by atoms with Gasteiger partial charge in [0, 0.05) is 37.4 Å². The number of amides is 2. The number of pyridine rings is 1.